The number of halogens is 2. The fourth-order valence-corrected chi connectivity index (χ4v) is 4.76. The van der Waals surface area contributed by atoms with Crippen molar-refractivity contribution >= 4 is 21.5 Å². The van der Waals surface area contributed by atoms with Gasteiger partial charge in [-0.25, -0.2) is 8.78 Å². The van der Waals surface area contributed by atoms with Crippen molar-refractivity contribution in [1.82, 2.24) is 9.97 Å². The molecule has 0 aliphatic carbocycles. The van der Waals surface area contributed by atoms with Crippen molar-refractivity contribution in [2.24, 2.45) is 0 Å². The van der Waals surface area contributed by atoms with Crippen LogP contribution in [0.2, 0.25) is 0 Å². The Bertz CT molecular complexity index is 1660. The zero-order valence-corrected chi connectivity index (χ0v) is 20.3. The zero-order valence-electron chi connectivity index (χ0n) is 18.0. The Balaban J connectivity index is 0.00000229. The molecule has 5 heteroatoms. The average molecular weight is 636 g/mol. The molecule has 2 aliphatic heterocycles. The molecule has 0 radical (unpaired) electrons. The van der Waals surface area contributed by atoms with Crippen molar-refractivity contribution in [1.29, 1.82) is 0 Å². The number of hydrogen-bond donors (Lipinski definition) is 0. The van der Waals surface area contributed by atoms with Gasteiger partial charge in [0.25, 0.3) is 0 Å². The zero-order chi connectivity index (χ0) is 22.8. The summed E-state index contributed by atoms with van der Waals surface area (Å²) < 4.78 is 29.5. The van der Waals surface area contributed by atoms with Crippen LogP contribution in [-0.4, -0.2) is 9.97 Å². The van der Waals surface area contributed by atoms with Crippen LogP contribution >= 0.6 is 0 Å². The van der Waals surface area contributed by atoms with Gasteiger partial charge in [-0.2, -0.15) is 0 Å². The first-order chi connectivity index (χ1) is 16.6. The quantitative estimate of drug-likeness (QED) is 0.160. The third kappa shape index (κ3) is 3.57. The minimum atomic E-state index is -0.374. The molecule has 0 N–H and O–H groups in total. The van der Waals surface area contributed by atoms with Gasteiger partial charge in [0.15, 0.2) is 0 Å². The second-order valence-electron chi connectivity index (χ2n) is 8.41. The van der Waals surface area contributed by atoms with Crippen molar-refractivity contribution in [3.63, 3.8) is 0 Å². The molecule has 0 fully saturated rings. The van der Waals surface area contributed by atoms with Crippen LogP contribution in [0.1, 0.15) is 0 Å². The van der Waals surface area contributed by atoms with E-state index in [1.165, 1.54) is 24.3 Å². The first-order valence-electron chi connectivity index (χ1n) is 10.9. The fraction of sp³-hybridized carbons (Fsp3) is 0. The third-order valence-electron chi connectivity index (χ3n) is 6.18. The molecular weight excluding hydrogens is 621 g/mol. The normalized spacial score (nSPS) is 11.5. The van der Waals surface area contributed by atoms with E-state index < -0.39 is 0 Å². The molecule has 0 amide bonds. The van der Waals surface area contributed by atoms with Crippen molar-refractivity contribution in [2.45, 2.75) is 0 Å². The maximum Gasteiger partial charge on any atom is 2.00 e. The van der Waals surface area contributed by atoms with Crippen LogP contribution in [0.15, 0.2) is 84.9 Å². The van der Waals surface area contributed by atoms with Gasteiger partial charge in [0.1, 0.15) is 0 Å². The van der Waals surface area contributed by atoms with E-state index >= 15 is 0 Å². The molecular formula is C30H14F2N2Pt. The summed E-state index contributed by atoms with van der Waals surface area (Å²) in [5, 5.41) is 2.23. The molecule has 2 aliphatic rings. The van der Waals surface area contributed by atoms with Gasteiger partial charge in [-0.1, -0.05) is 95.7 Å². The van der Waals surface area contributed by atoms with Gasteiger partial charge in [0.2, 0.25) is 0 Å². The van der Waals surface area contributed by atoms with Crippen LogP contribution in [0.4, 0.5) is 8.78 Å². The van der Waals surface area contributed by atoms with E-state index in [0.29, 0.717) is 44.3 Å². The number of fused-ring (bicyclic) bond motifs is 16. The third-order valence-corrected chi connectivity index (χ3v) is 6.18. The van der Waals surface area contributed by atoms with Crippen LogP contribution in [0.3, 0.4) is 0 Å². The summed E-state index contributed by atoms with van der Waals surface area (Å²) in [4.78, 5) is 9.64. The summed E-state index contributed by atoms with van der Waals surface area (Å²) >= 11 is 0. The standard InChI is InChI=1S/C30H14F2N2.Pt/c31-21-11-17-9-20(16-21)30-26-8-4-2-6-24(26)28(34-30)14-18-10-19(15-22(32)12-18)29-25-7-3-1-5-23(25)27(13-17)33-29;/h1-8,11-16H;/q-2;+2. The summed E-state index contributed by atoms with van der Waals surface area (Å²) in [6.45, 7) is 0. The predicted octanol–water partition coefficient (Wildman–Crippen LogP) is 7.64. The van der Waals surface area contributed by atoms with Gasteiger partial charge in [0.05, 0.1) is 11.6 Å². The Labute approximate surface area is 214 Å². The Morgan fingerprint density at radius 2 is 0.914 bits per heavy atom. The molecule has 4 aromatic carbocycles. The van der Waals surface area contributed by atoms with E-state index in [4.69, 9.17) is 9.97 Å². The van der Waals surface area contributed by atoms with E-state index in [-0.39, 0.29) is 32.7 Å². The summed E-state index contributed by atoms with van der Waals surface area (Å²) in [7, 11) is 0. The molecule has 0 saturated heterocycles. The molecule has 0 spiro atoms. The number of rotatable bonds is 0. The minimum Gasteiger partial charge on any atom is -0.294 e. The number of benzene rings is 4. The Morgan fingerprint density at radius 3 is 1.34 bits per heavy atom. The SMILES string of the molecule is Fc1cc2[c-]c(c1)c1nc(cc3[c-]c(cc(F)c3)c3nc(c2)-c2ccccc2-3)-c2ccccc2-1.[Pt+2]. The van der Waals surface area contributed by atoms with Crippen LogP contribution in [0.5, 0.6) is 0 Å². The van der Waals surface area contributed by atoms with E-state index in [0.717, 1.165) is 22.3 Å². The van der Waals surface area contributed by atoms with Gasteiger partial charge in [-0.15, -0.1) is 22.9 Å². The van der Waals surface area contributed by atoms with E-state index in [9.17, 15) is 8.78 Å². The second kappa shape index (κ2) is 8.18. The molecule has 0 unspecified atom stereocenters. The van der Waals surface area contributed by atoms with Crippen molar-refractivity contribution in [3.05, 3.63) is 109 Å². The topological polar surface area (TPSA) is 25.8 Å². The molecule has 0 saturated carbocycles. The van der Waals surface area contributed by atoms with Crippen LogP contribution < -0.4 is 0 Å². The molecule has 2 nitrogen and oxygen atoms in total. The van der Waals surface area contributed by atoms with Gasteiger partial charge in [-0.3, -0.25) is 9.97 Å². The number of nitrogens with zero attached hydrogens (tertiary/aromatic N) is 2. The largest absolute Gasteiger partial charge is 2.00 e. The summed E-state index contributed by atoms with van der Waals surface area (Å²) in [6, 6.07) is 31.5. The van der Waals surface area contributed by atoms with Crippen molar-refractivity contribution in [3.8, 4) is 45.0 Å². The maximum absolute atomic E-state index is 14.8. The maximum atomic E-state index is 14.8. The van der Waals surface area contributed by atoms with Crippen LogP contribution in [0, 0.1) is 23.8 Å². The van der Waals surface area contributed by atoms with Crippen LogP contribution in [0.25, 0.3) is 66.6 Å². The molecule has 1 aromatic heterocycles. The fourth-order valence-electron chi connectivity index (χ4n) is 4.76. The monoisotopic (exact) mass is 635 g/mol. The molecule has 35 heavy (non-hydrogen) atoms. The molecule has 7 rings (SSSR count). The Hall–Kier alpha value is -3.75. The number of hydrogen-bond acceptors (Lipinski definition) is 2. The Morgan fingerprint density at radius 1 is 0.514 bits per heavy atom. The summed E-state index contributed by atoms with van der Waals surface area (Å²) in [6.07, 6.45) is 0. The van der Waals surface area contributed by atoms with Gasteiger partial charge < -0.3 is 0 Å². The van der Waals surface area contributed by atoms with E-state index in [2.05, 4.69) is 12.1 Å². The Kier molecular flexibility index (Phi) is 5.08. The molecule has 3 heterocycles. The molecule has 0 atom stereocenters. The van der Waals surface area contributed by atoms with Crippen LogP contribution in [-0.2, 0) is 21.1 Å². The second-order valence-corrected chi connectivity index (χ2v) is 8.41. The molecule has 5 aromatic rings. The molecule has 8 bridgehead atoms. The van der Waals surface area contributed by atoms with Gasteiger partial charge in [-0.05, 0) is 22.3 Å². The average Bonchev–Trinajstić information content (AvgIpc) is 3.37. The number of aromatic nitrogens is 2. The summed E-state index contributed by atoms with van der Waals surface area (Å²) in [5.41, 5.74) is 6.15. The predicted molar refractivity (Wildman–Crippen MR) is 130 cm³/mol. The summed E-state index contributed by atoms with van der Waals surface area (Å²) in [5.74, 6) is -0.747. The van der Waals surface area contributed by atoms with Crippen molar-refractivity contribution < 1.29 is 29.8 Å². The first-order valence-corrected chi connectivity index (χ1v) is 10.9. The molecule has 168 valence electrons. The van der Waals surface area contributed by atoms with E-state index in [1.54, 1.807) is 0 Å². The minimum absolute atomic E-state index is 0. The first kappa shape index (κ1) is 21.8. The van der Waals surface area contributed by atoms with Gasteiger partial charge in [0, 0.05) is 22.8 Å². The van der Waals surface area contributed by atoms with Gasteiger partial charge >= 0.3 is 21.1 Å². The smallest absolute Gasteiger partial charge is 0.294 e. The van der Waals surface area contributed by atoms with Crippen molar-refractivity contribution in [2.75, 3.05) is 0 Å². The van der Waals surface area contributed by atoms with E-state index in [1.807, 2.05) is 60.7 Å².